The van der Waals surface area contributed by atoms with Crippen molar-refractivity contribution in [1.82, 2.24) is 0 Å². The lowest BCUT2D eigenvalue weighted by atomic mass is 10.1. The van der Waals surface area contributed by atoms with Gasteiger partial charge in [0.05, 0.1) is 12.3 Å². The second-order valence-corrected chi connectivity index (χ2v) is 3.59. The first-order chi connectivity index (χ1) is 7.36. The van der Waals surface area contributed by atoms with Crippen LogP contribution in [0.15, 0.2) is 35.5 Å². The fourth-order valence-corrected chi connectivity index (χ4v) is 1.50. The Kier molecular flexibility index (Phi) is 3.35. The highest BCUT2D eigenvalue weighted by Crippen LogP contribution is 2.13. The van der Waals surface area contributed by atoms with Crippen molar-refractivity contribution in [2.45, 2.75) is 26.1 Å². The lowest BCUT2D eigenvalue weighted by molar-refractivity contribution is -0.110. The molecular weight excluding hydrogens is 190 g/mol. The molecule has 0 amide bonds. The molecule has 1 aliphatic rings. The number of rotatable bonds is 3. The zero-order valence-electron chi connectivity index (χ0n) is 8.85. The monoisotopic (exact) mass is 205 g/mol. The summed E-state index contributed by atoms with van der Waals surface area (Å²) in [6.45, 7) is 2.72. The fraction of sp³-hybridized carbons (Fsp3) is 0.417. The van der Waals surface area contributed by atoms with Crippen LogP contribution in [0.5, 0.6) is 0 Å². The molecule has 0 radical (unpaired) electrons. The third kappa shape index (κ3) is 2.80. The van der Waals surface area contributed by atoms with Crippen LogP contribution in [-0.2, 0) is 9.57 Å². The van der Waals surface area contributed by atoms with Gasteiger partial charge in [0, 0.05) is 6.42 Å². The van der Waals surface area contributed by atoms with Gasteiger partial charge in [-0.25, -0.2) is 0 Å². The van der Waals surface area contributed by atoms with Crippen LogP contribution in [0.25, 0.3) is 0 Å². The second kappa shape index (κ2) is 4.94. The van der Waals surface area contributed by atoms with Crippen molar-refractivity contribution in [1.29, 1.82) is 0 Å². The van der Waals surface area contributed by atoms with Crippen LogP contribution in [0, 0.1) is 0 Å². The lowest BCUT2D eigenvalue weighted by Crippen LogP contribution is -2.08. The van der Waals surface area contributed by atoms with Gasteiger partial charge in [0.15, 0.2) is 0 Å². The van der Waals surface area contributed by atoms with Gasteiger partial charge in [-0.2, -0.15) is 0 Å². The number of benzene rings is 1. The first-order valence-electron chi connectivity index (χ1n) is 5.24. The van der Waals surface area contributed by atoms with Gasteiger partial charge >= 0.3 is 0 Å². The molecule has 80 valence electrons. The Morgan fingerprint density at radius 3 is 2.87 bits per heavy atom. The van der Waals surface area contributed by atoms with Gasteiger partial charge in [0.1, 0.15) is 0 Å². The highest BCUT2D eigenvalue weighted by Gasteiger charge is 2.16. The van der Waals surface area contributed by atoms with Crippen LogP contribution in [0.4, 0.5) is 0 Å². The van der Waals surface area contributed by atoms with Gasteiger partial charge in [-0.1, -0.05) is 35.5 Å². The molecule has 3 nitrogen and oxygen atoms in total. The molecule has 1 unspecified atom stereocenters. The Balaban J connectivity index is 1.95. The predicted molar refractivity (Wildman–Crippen MR) is 58.7 cm³/mol. The van der Waals surface area contributed by atoms with Crippen molar-refractivity contribution < 1.29 is 9.57 Å². The molecule has 1 aromatic carbocycles. The molecule has 0 bridgehead atoms. The maximum Gasteiger partial charge on any atom is 0.226 e. The summed E-state index contributed by atoms with van der Waals surface area (Å²) in [5.74, 6) is 0. The lowest BCUT2D eigenvalue weighted by Gasteiger charge is -2.07. The summed E-state index contributed by atoms with van der Waals surface area (Å²) < 4.78 is 5.31. The second-order valence-electron chi connectivity index (χ2n) is 3.59. The Bertz CT molecular complexity index is 329. The zero-order valence-corrected chi connectivity index (χ0v) is 8.85. The molecule has 15 heavy (non-hydrogen) atoms. The summed E-state index contributed by atoms with van der Waals surface area (Å²) in [5.41, 5.74) is 1.96. The molecular formula is C12H15NO2. The smallest absolute Gasteiger partial charge is 0.226 e. The molecule has 1 aliphatic heterocycles. The molecule has 1 aromatic rings. The van der Waals surface area contributed by atoms with E-state index in [0.29, 0.717) is 0 Å². The van der Waals surface area contributed by atoms with Gasteiger partial charge < -0.3 is 9.57 Å². The first kappa shape index (κ1) is 10.2. The van der Waals surface area contributed by atoms with E-state index in [1.165, 1.54) is 0 Å². The number of ether oxygens (including phenoxy) is 1. The molecule has 1 heterocycles. The van der Waals surface area contributed by atoms with Crippen molar-refractivity contribution in [3.63, 3.8) is 0 Å². The molecule has 1 fully saturated rings. The molecule has 0 saturated carbocycles. The summed E-state index contributed by atoms with van der Waals surface area (Å²) in [4.78, 5) is 5.28. The Morgan fingerprint density at radius 1 is 1.40 bits per heavy atom. The third-order valence-electron chi connectivity index (χ3n) is 2.39. The number of oxime groups is 1. The summed E-state index contributed by atoms with van der Waals surface area (Å²) in [6.07, 6.45) is 1.85. The molecule has 0 aliphatic carbocycles. The molecule has 0 spiro atoms. The van der Waals surface area contributed by atoms with E-state index in [1.54, 1.807) is 0 Å². The van der Waals surface area contributed by atoms with E-state index < -0.39 is 0 Å². The van der Waals surface area contributed by atoms with Crippen LogP contribution in [-0.4, -0.2) is 18.6 Å². The van der Waals surface area contributed by atoms with Crippen molar-refractivity contribution in [3.8, 4) is 0 Å². The van der Waals surface area contributed by atoms with Gasteiger partial charge in [-0.05, 0) is 18.9 Å². The Hall–Kier alpha value is -1.35. The fourth-order valence-electron chi connectivity index (χ4n) is 1.50. The topological polar surface area (TPSA) is 30.8 Å². The highest BCUT2D eigenvalue weighted by atomic mass is 16.8. The predicted octanol–water partition coefficient (Wildman–Crippen LogP) is 2.56. The van der Waals surface area contributed by atoms with Crippen LogP contribution in [0.3, 0.4) is 0 Å². The minimum absolute atomic E-state index is 0.149. The van der Waals surface area contributed by atoms with E-state index in [0.717, 1.165) is 30.7 Å². The number of hydrogen-bond acceptors (Lipinski definition) is 3. The number of nitrogens with zero attached hydrogens (tertiary/aromatic N) is 1. The van der Waals surface area contributed by atoms with Gasteiger partial charge in [-0.15, -0.1) is 0 Å². The van der Waals surface area contributed by atoms with E-state index >= 15 is 0 Å². The summed E-state index contributed by atoms with van der Waals surface area (Å²) in [5, 5.41) is 4.07. The van der Waals surface area contributed by atoms with Crippen LogP contribution < -0.4 is 0 Å². The van der Waals surface area contributed by atoms with E-state index in [4.69, 9.17) is 9.57 Å². The third-order valence-corrected chi connectivity index (χ3v) is 2.39. The number of hydrogen-bond donors (Lipinski definition) is 0. The van der Waals surface area contributed by atoms with Gasteiger partial charge in [0.2, 0.25) is 6.29 Å². The van der Waals surface area contributed by atoms with Crippen molar-refractivity contribution in [3.05, 3.63) is 35.9 Å². The Labute approximate surface area is 89.7 Å². The Morgan fingerprint density at radius 2 is 2.20 bits per heavy atom. The first-order valence-corrected chi connectivity index (χ1v) is 5.24. The van der Waals surface area contributed by atoms with Gasteiger partial charge in [-0.3, -0.25) is 0 Å². The van der Waals surface area contributed by atoms with Crippen molar-refractivity contribution in [2.24, 2.45) is 5.16 Å². The normalized spacial score (nSPS) is 21.7. The summed E-state index contributed by atoms with van der Waals surface area (Å²) >= 11 is 0. The molecule has 1 atom stereocenters. The standard InChI is InChI=1S/C12H15NO2/c1-10(11-6-3-2-4-7-11)13-15-12-8-5-9-14-12/h2-4,6-7,12H,5,8-9H2,1H3. The maximum absolute atomic E-state index is 5.31. The summed E-state index contributed by atoms with van der Waals surface area (Å²) in [7, 11) is 0. The van der Waals surface area contributed by atoms with Crippen LogP contribution in [0.2, 0.25) is 0 Å². The SMILES string of the molecule is CC(=NOC1CCCO1)c1ccccc1. The quantitative estimate of drug-likeness (QED) is 0.561. The van der Waals surface area contributed by atoms with E-state index in [1.807, 2.05) is 37.3 Å². The molecule has 1 saturated heterocycles. The van der Waals surface area contributed by atoms with Crippen LogP contribution >= 0.6 is 0 Å². The molecule has 0 N–H and O–H groups in total. The minimum atomic E-state index is -0.149. The molecule has 3 heteroatoms. The average Bonchev–Trinajstić information content (AvgIpc) is 2.80. The minimum Gasteiger partial charge on any atom is -0.363 e. The largest absolute Gasteiger partial charge is 0.363 e. The summed E-state index contributed by atoms with van der Waals surface area (Å²) in [6, 6.07) is 9.98. The zero-order chi connectivity index (χ0) is 10.5. The molecule has 0 aromatic heterocycles. The average molecular weight is 205 g/mol. The van der Waals surface area contributed by atoms with E-state index in [9.17, 15) is 0 Å². The van der Waals surface area contributed by atoms with Crippen LogP contribution in [0.1, 0.15) is 25.3 Å². The van der Waals surface area contributed by atoms with Crippen molar-refractivity contribution >= 4 is 5.71 Å². The van der Waals surface area contributed by atoms with Gasteiger partial charge in [0.25, 0.3) is 0 Å². The van der Waals surface area contributed by atoms with E-state index in [-0.39, 0.29) is 6.29 Å². The highest BCUT2D eigenvalue weighted by molar-refractivity contribution is 5.98. The van der Waals surface area contributed by atoms with E-state index in [2.05, 4.69) is 5.16 Å². The maximum atomic E-state index is 5.31. The van der Waals surface area contributed by atoms with Crippen molar-refractivity contribution in [2.75, 3.05) is 6.61 Å². The molecule has 2 rings (SSSR count).